The number of thioether (sulfide) groups is 1. The molecule has 6 nitrogen and oxygen atoms in total. The third kappa shape index (κ3) is 5.46. The fourth-order valence-electron chi connectivity index (χ4n) is 3.44. The van der Waals surface area contributed by atoms with Gasteiger partial charge in [0.1, 0.15) is 11.6 Å². The van der Waals surface area contributed by atoms with Crippen LogP contribution in [0.4, 0.5) is 4.39 Å². The summed E-state index contributed by atoms with van der Waals surface area (Å²) in [7, 11) is 1.58. The fourth-order valence-corrected chi connectivity index (χ4v) is 4.36. The second-order valence-corrected chi connectivity index (χ2v) is 8.79. The number of aryl methyl sites for hydroxylation is 2. The number of methoxy groups -OCH3 is 1. The number of hydrogen-bond donors (Lipinski definition) is 1. The lowest BCUT2D eigenvalue weighted by atomic mass is 10.1. The molecule has 3 aromatic carbocycles. The van der Waals surface area contributed by atoms with Gasteiger partial charge in [0.2, 0.25) is 0 Å². The Hall–Kier alpha value is -3.65. The molecule has 0 bridgehead atoms. The molecule has 0 atom stereocenters. The Morgan fingerprint density at radius 3 is 2.47 bits per heavy atom. The van der Waals surface area contributed by atoms with Crippen molar-refractivity contribution in [1.29, 1.82) is 0 Å². The molecule has 0 spiro atoms. The summed E-state index contributed by atoms with van der Waals surface area (Å²) in [6, 6.07) is 19.5. The Morgan fingerprint density at radius 2 is 1.76 bits per heavy atom. The van der Waals surface area contributed by atoms with Crippen LogP contribution in [-0.4, -0.2) is 27.8 Å². The second-order valence-electron chi connectivity index (χ2n) is 7.85. The van der Waals surface area contributed by atoms with Gasteiger partial charge >= 0.3 is 0 Å². The van der Waals surface area contributed by atoms with Gasteiger partial charge in [0, 0.05) is 11.3 Å². The van der Waals surface area contributed by atoms with Gasteiger partial charge in [-0.15, -0.1) is 10.2 Å². The minimum atomic E-state index is -0.262. The monoisotopic (exact) mass is 476 g/mol. The van der Waals surface area contributed by atoms with Gasteiger partial charge in [0.05, 0.1) is 19.3 Å². The van der Waals surface area contributed by atoms with Crippen LogP contribution in [0.3, 0.4) is 0 Å². The molecular formula is C26H25FN4O2S. The van der Waals surface area contributed by atoms with Gasteiger partial charge in [0.15, 0.2) is 11.0 Å². The number of nitrogens with one attached hydrogen (secondary N) is 1. The zero-order valence-electron chi connectivity index (χ0n) is 19.2. The van der Waals surface area contributed by atoms with Crippen LogP contribution in [0.15, 0.2) is 71.9 Å². The molecule has 0 saturated heterocycles. The van der Waals surface area contributed by atoms with Gasteiger partial charge in [0.25, 0.3) is 5.91 Å². The van der Waals surface area contributed by atoms with Gasteiger partial charge in [-0.1, -0.05) is 36.0 Å². The Morgan fingerprint density at radius 1 is 1.03 bits per heavy atom. The molecule has 4 aromatic rings. The molecule has 1 amide bonds. The van der Waals surface area contributed by atoms with E-state index in [9.17, 15) is 9.18 Å². The maximum absolute atomic E-state index is 13.3. The number of hydrogen-bond acceptors (Lipinski definition) is 5. The Labute approximate surface area is 202 Å². The van der Waals surface area contributed by atoms with Crippen molar-refractivity contribution in [3.63, 3.8) is 0 Å². The van der Waals surface area contributed by atoms with Crippen molar-refractivity contribution >= 4 is 17.7 Å². The largest absolute Gasteiger partial charge is 0.497 e. The average Bonchev–Trinajstić information content (AvgIpc) is 3.26. The van der Waals surface area contributed by atoms with E-state index in [1.54, 1.807) is 43.5 Å². The van der Waals surface area contributed by atoms with E-state index >= 15 is 0 Å². The van der Waals surface area contributed by atoms with Crippen molar-refractivity contribution in [2.75, 3.05) is 7.11 Å². The molecular weight excluding hydrogens is 451 g/mol. The predicted octanol–water partition coefficient (Wildman–Crippen LogP) is 5.25. The Balaban J connectivity index is 1.59. The Kier molecular flexibility index (Phi) is 7.27. The van der Waals surface area contributed by atoms with E-state index in [0.29, 0.717) is 28.0 Å². The van der Waals surface area contributed by atoms with Crippen molar-refractivity contribution in [1.82, 2.24) is 20.1 Å². The number of rotatable bonds is 8. The van der Waals surface area contributed by atoms with Crippen LogP contribution < -0.4 is 10.1 Å². The standard InChI is InChI=1S/C26H25FN4O2S/c1-17-4-5-18(2)23(14-17)31-24(15-28-25(32)20-8-12-22(33-3)13-9-20)29-30-26(31)34-16-19-6-10-21(27)11-7-19/h4-14H,15-16H2,1-3H3,(H,28,32). The highest BCUT2D eigenvalue weighted by Gasteiger charge is 2.18. The maximum atomic E-state index is 13.3. The number of ether oxygens (including phenoxy) is 1. The molecule has 0 unspecified atom stereocenters. The van der Waals surface area contributed by atoms with Gasteiger partial charge < -0.3 is 10.1 Å². The van der Waals surface area contributed by atoms with Crippen LogP contribution in [0.1, 0.15) is 32.9 Å². The lowest BCUT2D eigenvalue weighted by Gasteiger charge is -2.14. The number of amides is 1. The predicted molar refractivity (Wildman–Crippen MR) is 131 cm³/mol. The smallest absolute Gasteiger partial charge is 0.251 e. The second kappa shape index (κ2) is 10.5. The molecule has 8 heteroatoms. The fraction of sp³-hybridized carbons (Fsp3) is 0.192. The molecule has 0 fully saturated rings. The Bertz CT molecular complexity index is 1290. The van der Waals surface area contributed by atoms with Crippen LogP contribution in [0, 0.1) is 19.7 Å². The summed E-state index contributed by atoms with van der Waals surface area (Å²) in [5.74, 6) is 1.45. The maximum Gasteiger partial charge on any atom is 0.251 e. The molecule has 34 heavy (non-hydrogen) atoms. The van der Waals surface area contributed by atoms with Crippen molar-refractivity contribution in [3.8, 4) is 11.4 Å². The van der Waals surface area contributed by atoms with Crippen molar-refractivity contribution in [3.05, 3.63) is 101 Å². The molecule has 4 rings (SSSR count). The van der Waals surface area contributed by atoms with E-state index in [-0.39, 0.29) is 18.3 Å². The minimum Gasteiger partial charge on any atom is -0.497 e. The van der Waals surface area contributed by atoms with Crippen molar-refractivity contribution in [2.45, 2.75) is 31.3 Å². The van der Waals surface area contributed by atoms with Gasteiger partial charge in [-0.05, 0) is 73.0 Å². The van der Waals surface area contributed by atoms with Gasteiger partial charge in [-0.25, -0.2) is 4.39 Å². The first-order valence-electron chi connectivity index (χ1n) is 10.8. The van der Waals surface area contributed by atoms with Crippen LogP contribution in [0.2, 0.25) is 0 Å². The van der Waals surface area contributed by atoms with E-state index in [4.69, 9.17) is 4.74 Å². The molecule has 0 aliphatic carbocycles. The SMILES string of the molecule is COc1ccc(C(=O)NCc2nnc(SCc3ccc(F)cc3)n2-c2cc(C)ccc2C)cc1. The molecule has 0 aliphatic heterocycles. The number of nitrogens with zero attached hydrogens (tertiary/aromatic N) is 3. The summed E-state index contributed by atoms with van der Waals surface area (Å²) < 4.78 is 20.4. The zero-order valence-corrected chi connectivity index (χ0v) is 20.0. The summed E-state index contributed by atoms with van der Waals surface area (Å²) >= 11 is 1.51. The number of aromatic nitrogens is 3. The highest BCUT2D eigenvalue weighted by molar-refractivity contribution is 7.98. The highest BCUT2D eigenvalue weighted by atomic mass is 32.2. The lowest BCUT2D eigenvalue weighted by molar-refractivity contribution is 0.0949. The normalized spacial score (nSPS) is 10.8. The molecule has 1 aromatic heterocycles. The molecule has 174 valence electrons. The van der Waals surface area contributed by atoms with E-state index in [0.717, 1.165) is 22.4 Å². The van der Waals surface area contributed by atoms with Crippen LogP contribution >= 0.6 is 11.8 Å². The number of benzene rings is 3. The summed E-state index contributed by atoms with van der Waals surface area (Å²) in [5.41, 5.74) is 4.65. The first-order valence-corrected chi connectivity index (χ1v) is 11.7. The van der Waals surface area contributed by atoms with Crippen LogP contribution in [0.25, 0.3) is 5.69 Å². The summed E-state index contributed by atoms with van der Waals surface area (Å²) in [6.45, 7) is 4.27. The lowest BCUT2D eigenvalue weighted by Crippen LogP contribution is -2.24. The average molecular weight is 477 g/mol. The van der Waals surface area contributed by atoms with E-state index in [1.807, 2.05) is 18.4 Å². The van der Waals surface area contributed by atoms with Crippen LogP contribution in [0.5, 0.6) is 5.75 Å². The van der Waals surface area contributed by atoms with E-state index in [2.05, 4.69) is 33.7 Å². The quantitative estimate of drug-likeness (QED) is 0.352. The summed E-state index contributed by atoms with van der Waals surface area (Å²) in [4.78, 5) is 12.7. The van der Waals surface area contributed by atoms with Crippen molar-refractivity contribution in [2.24, 2.45) is 0 Å². The summed E-state index contributed by atoms with van der Waals surface area (Å²) in [6.07, 6.45) is 0. The van der Waals surface area contributed by atoms with Crippen LogP contribution in [-0.2, 0) is 12.3 Å². The summed E-state index contributed by atoms with van der Waals surface area (Å²) in [5, 5.41) is 12.4. The number of carbonyl (C=O) groups is 1. The van der Waals surface area contributed by atoms with E-state index < -0.39 is 0 Å². The highest BCUT2D eigenvalue weighted by Crippen LogP contribution is 2.27. The number of halogens is 1. The first-order chi connectivity index (χ1) is 16.4. The molecule has 1 N–H and O–H groups in total. The van der Waals surface area contributed by atoms with Gasteiger partial charge in [-0.3, -0.25) is 9.36 Å². The molecule has 0 saturated carbocycles. The zero-order chi connectivity index (χ0) is 24.1. The third-order valence-electron chi connectivity index (χ3n) is 5.35. The first kappa shape index (κ1) is 23.5. The third-order valence-corrected chi connectivity index (χ3v) is 6.35. The van der Waals surface area contributed by atoms with E-state index in [1.165, 1.54) is 23.9 Å². The molecule has 0 radical (unpaired) electrons. The van der Waals surface area contributed by atoms with Gasteiger partial charge in [-0.2, -0.15) is 0 Å². The number of carbonyl (C=O) groups excluding carboxylic acids is 1. The van der Waals surface area contributed by atoms with Crippen molar-refractivity contribution < 1.29 is 13.9 Å². The molecule has 0 aliphatic rings. The molecule has 1 heterocycles. The minimum absolute atomic E-state index is 0.210. The topological polar surface area (TPSA) is 69.0 Å².